The van der Waals surface area contributed by atoms with Crippen molar-refractivity contribution < 1.29 is 0 Å². The highest BCUT2D eigenvalue weighted by Crippen LogP contribution is 2.45. The van der Waals surface area contributed by atoms with Gasteiger partial charge < -0.3 is 5.32 Å². The van der Waals surface area contributed by atoms with Crippen molar-refractivity contribution in [3.8, 4) is 0 Å². The van der Waals surface area contributed by atoms with Gasteiger partial charge in [-0.2, -0.15) is 0 Å². The summed E-state index contributed by atoms with van der Waals surface area (Å²) in [5.74, 6) is 0.844. The van der Waals surface area contributed by atoms with Gasteiger partial charge in [0.25, 0.3) is 0 Å². The molecule has 96 valence electrons. The van der Waals surface area contributed by atoms with E-state index in [1.54, 1.807) is 0 Å². The second kappa shape index (κ2) is 8.36. The van der Waals surface area contributed by atoms with Crippen LogP contribution in [-0.4, -0.2) is 19.0 Å². The number of hydrogen-bond acceptors (Lipinski definition) is 1. The summed E-state index contributed by atoms with van der Waals surface area (Å²) in [5, 5.41) is 3.56. The van der Waals surface area contributed by atoms with E-state index in [9.17, 15) is 0 Å². The fourth-order valence-corrected chi connectivity index (χ4v) is 2.46. The number of hydrogen-bond donors (Lipinski definition) is 1. The van der Waals surface area contributed by atoms with Crippen LogP contribution in [0.1, 0.15) is 64.7 Å². The summed E-state index contributed by atoms with van der Waals surface area (Å²) >= 11 is 5.93. The lowest BCUT2D eigenvalue weighted by atomic mass is 10.1. The molecular formula is C14H28ClN. The minimum Gasteiger partial charge on any atom is -0.316 e. The van der Waals surface area contributed by atoms with E-state index in [4.69, 9.17) is 11.6 Å². The number of rotatable bonds is 11. The van der Waals surface area contributed by atoms with Crippen LogP contribution < -0.4 is 5.32 Å². The zero-order valence-corrected chi connectivity index (χ0v) is 11.6. The Morgan fingerprint density at radius 2 is 1.62 bits per heavy atom. The fraction of sp³-hybridized carbons (Fsp3) is 1.00. The van der Waals surface area contributed by atoms with Crippen LogP contribution in [0.3, 0.4) is 0 Å². The quantitative estimate of drug-likeness (QED) is 0.422. The van der Waals surface area contributed by atoms with E-state index in [2.05, 4.69) is 12.2 Å². The Labute approximate surface area is 106 Å². The standard InChI is InChI=1S/C14H28ClN/c1-2-3-4-5-6-7-8-11-16-13-14(12-15)9-10-14/h16H,2-13H2,1H3. The Morgan fingerprint density at radius 3 is 2.19 bits per heavy atom. The van der Waals surface area contributed by atoms with Crippen LogP contribution in [0.2, 0.25) is 0 Å². The molecule has 0 aromatic carbocycles. The molecule has 0 amide bonds. The molecule has 0 saturated heterocycles. The van der Waals surface area contributed by atoms with E-state index in [1.165, 1.54) is 64.3 Å². The molecule has 0 radical (unpaired) electrons. The molecule has 16 heavy (non-hydrogen) atoms. The topological polar surface area (TPSA) is 12.0 Å². The summed E-state index contributed by atoms with van der Waals surface area (Å²) in [6.07, 6.45) is 12.4. The summed E-state index contributed by atoms with van der Waals surface area (Å²) in [4.78, 5) is 0. The van der Waals surface area contributed by atoms with E-state index in [0.29, 0.717) is 5.41 Å². The molecule has 0 aliphatic heterocycles. The first-order valence-electron chi connectivity index (χ1n) is 7.10. The predicted octanol–water partition coefficient (Wildman–Crippen LogP) is 4.35. The third-order valence-corrected chi connectivity index (χ3v) is 4.26. The Kier molecular flexibility index (Phi) is 7.47. The molecule has 0 aromatic heterocycles. The van der Waals surface area contributed by atoms with E-state index in [-0.39, 0.29) is 0 Å². The minimum absolute atomic E-state index is 0.489. The van der Waals surface area contributed by atoms with Gasteiger partial charge in [0.05, 0.1) is 0 Å². The molecule has 0 atom stereocenters. The first-order chi connectivity index (χ1) is 7.83. The van der Waals surface area contributed by atoms with Gasteiger partial charge in [-0.1, -0.05) is 45.4 Å². The van der Waals surface area contributed by atoms with Gasteiger partial charge >= 0.3 is 0 Å². The maximum atomic E-state index is 5.93. The van der Waals surface area contributed by atoms with Crippen molar-refractivity contribution in [1.82, 2.24) is 5.32 Å². The van der Waals surface area contributed by atoms with Gasteiger partial charge in [0, 0.05) is 12.4 Å². The Morgan fingerprint density at radius 1 is 1.00 bits per heavy atom. The number of alkyl halides is 1. The van der Waals surface area contributed by atoms with Crippen molar-refractivity contribution in [2.75, 3.05) is 19.0 Å². The third kappa shape index (κ3) is 6.10. The number of nitrogens with one attached hydrogen (secondary N) is 1. The van der Waals surface area contributed by atoms with E-state index >= 15 is 0 Å². The highest BCUT2D eigenvalue weighted by Gasteiger charge is 2.40. The molecule has 1 nitrogen and oxygen atoms in total. The highest BCUT2D eigenvalue weighted by atomic mass is 35.5. The smallest absolute Gasteiger partial charge is 0.0292 e. The molecule has 0 bridgehead atoms. The van der Waals surface area contributed by atoms with Crippen LogP contribution in [0.4, 0.5) is 0 Å². The Hall–Kier alpha value is 0.250. The van der Waals surface area contributed by atoms with Crippen LogP contribution in [0.25, 0.3) is 0 Å². The average Bonchev–Trinajstić information content (AvgIpc) is 3.08. The van der Waals surface area contributed by atoms with Crippen molar-refractivity contribution in [1.29, 1.82) is 0 Å². The molecule has 1 rings (SSSR count). The van der Waals surface area contributed by atoms with Gasteiger partial charge in [-0.3, -0.25) is 0 Å². The van der Waals surface area contributed by atoms with Crippen LogP contribution >= 0.6 is 11.6 Å². The first kappa shape index (κ1) is 14.3. The molecule has 1 aliphatic rings. The molecule has 0 aromatic rings. The van der Waals surface area contributed by atoms with Gasteiger partial charge in [-0.05, 0) is 31.2 Å². The van der Waals surface area contributed by atoms with Gasteiger partial charge in [-0.25, -0.2) is 0 Å². The second-order valence-corrected chi connectivity index (χ2v) is 5.70. The third-order valence-electron chi connectivity index (χ3n) is 3.70. The summed E-state index contributed by atoms with van der Waals surface area (Å²) in [6, 6.07) is 0. The molecular weight excluding hydrogens is 218 g/mol. The highest BCUT2D eigenvalue weighted by molar-refractivity contribution is 6.18. The molecule has 2 heteroatoms. The number of halogens is 1. The predicted molar refractivity (Wildman–Crippen MR) is 73.2 cm³/mol. The summed E-state index contributed by atoms with van der Waals surface area (Å²) in [5.41, 5.74) is 0.489. The van der Waals surface area contributed by atoms with Crippen molar-refractivity contribution in [2.45, 2.75) is 64.7 Å². The molecule has 0 unspecified atom stereocenters. The maximum absolute atomic E-state index is 5.93. The molecule has 1 N–H and O–H groups in total. The molecule has 1 fully saturated rings. The normalized spacial score (nSPS) is 17.6. The van der Waals surface area contributed by atoms with Crippen molar-refractivity contribution in [3.05, 3.63) is 0 Å². The minimum atomic E-state index is 0.489. The SMILES string of the molecule is CCCCCCCCCNCC1(CCl)CC1. The lowest BCUT2D eigenvalue weighted by molar-refractivity contribution is 0.488. The first-order valence-corrected chi connectivity index (χ1v) is 7.63. The second-order valence-electron chi connectivity index (χ2n) is 5.43. The zero-order valence-electron chi connectivity index (χ0n) is 10.9. The van der Waals surface area contributed by atoms with Gasteiger partial charge in [0.2, 0.25) is 0 Å². The van der Waals surface area contributed by atoms with E-state index in [1.807, 2.05) is 0 Å². The van der Waals surface area contributed by atoms with Crippen molar-refractivity contribution in [2.24, 2.45) is 5.41 Å². The van der Waals surface area contributed by atoms with E-state index in [0.717, 1.165) is 12.4 Å². The molecule has 1 saturated carbocycles. The lowest BCUT2D eigenvalue weighted by Gasteiger charge is -2.12. The monoisotopic (exact) mass is 245 g/mol. The van der Waals surface area contributed by atoms with Crippen LogP contribution in [0.5, 0.6) is 0 Å². The maximum Gasteiger partial charge on any atom is 0.0292 e. The van der Waals surface area contributed by atoms with Gasteiger partial charge in [0.15, 0.2) is 0 Å². The molecule has 0 heterocycles. The Bertz CT molecular complexity index is 166. The van der Waals surface area contributed by atoms with Crippen LogP contribution in [-0.2, 0) is 0 Å². The van der Waals surface area contributed by atoms with Crippen molar-refractivity contribution in [3.63, 3.8) is 0 Å². The number of unbranched alkanes of at least 4 members (excludes halogenated alkanes) is 6. The summed E-state index contributed by atoms with van der Waals surface area (Å²) < 4.78 is 0. The van der Waals surface area contributed by atoms with Gasteiger partial charge in [0.1, 0.15) is 0 Å². The largest absolute Gasteiger partial charge is 0.316 e. The summed E-state index contributed by atoms with van der Waals surface area (Å²) in [6.45, 7) is 4.60. The Balaban J connectivity index is 1.75. The lowest BCUT2D eigenvalue weighted by Crippen LogP contribution is -2.25. The van der Waals surface area contributed by atoms with E-state index < -0.39 is 0 Å². The zero-order chi connectivity index (χ0) is 11.7. The van der Waals surface area contributed by atoms with Crippen LogP contribution in [0, 0.1) is 5.41 Å². The van der Waals surface area contributed by atoms with Crippen LogP contribution in [0.15, 0.2) is 0 Å². The van der Waals surface area contributed by atoms with Gasteiger partial charge in [-0.15, -0.1) is 11.6 Å². The molecule has 0 spiro atoms. The fourth-order valence-electron chi connectivity index (χ4n) is 2.10. The summed E-state index contributed by atoms with van der Waals surface area (Å²) in [7, 11) is 0. The van der Waals surface area contributed by atoms with Crippen molar-refractivity contribution >= 4 is 11.6 Å². The molecule has 1 aliphatic carbocycles. The average molecular weight is 246 g/mol.